The van der Waals surface area contributed by atoms with Crippen LogP contribution in [-0.2, 0) is 14.3 Å². The van der Waals surface area contributed by atoms with Crippen LogP contribution in [-0.4, -0.2) is 34.6 Å². The number of hydrogen-bond donors (Lipinski definition) is 0. The highest BCUT2D eigenvalue weighted by molar-refractivity contribution is 7.10. The Labute approximate surface area is 174 Å². The van der Waals surface area contributed by atoms with Gasteiger partial charge in [0.1, 0.15) is 0 Å². The lowest BCUT2D eigenvalue weighted by atomic mass is 9.92. The van der Waals surface area contributed by atoms with Crippen molar-refractivity contribution in [3.05, 3.63) is 46.2 Å². The van der Waals surface area contributed by atoms with Crippen LogP contribution in [0, 0.1) is 12.8 Å². The van der Waals surface area contributed by atoms with E-state index < -0.39 is 17.9 Å². The number of carbonyl (C=O) groups excluding carboxylic acids is 2. The normalized spacial score (nSPS) is 18.9. The van der Waals surface area contributed by atoms with Crippen LogP contribution >= 0.6 is 11.3 Å². The van der Waals surface area contributed by atoms with Gasteiger partial charge in [0.15, 0.2) is 5.92 Å². The Balaban J connectivity index is 1.98. The Morgan fingerprint density at radius 3 is 2.72 bits per heavy atom. The van der Waals surface area contributed by atoms with E-state index in [-0.39, 0.29) is 12.5 Å². The smallest absolute Gasteiger partial charge is 0.321 e. The van der Waals surface area contributed by atoms with E-state index in [2.05, 4.69) is 11.5 Å². The SMILES string of the molecule is CCCCN1C(=O)[C@H](C(=O)OCC)[C@@H](c2sccc2C)n2c1nc1ccccc12. The number of fused-ring (bicyclic) bond motifs is 3. The summed E-state index contributed by atoms with van der Waals surface area (Å²) in [5.41, 5.74) is 2.80. The monoisotopic (exact) mass is 411 g/mol. The number of anilines is 1. The molecule has 0 aliphatic carbocycles. The summed E-state index contributed by atoms with van der Waals surface area (Å²) >= 11 is 1.56. The van der Waals surface area contributed by atoms with Gasteiger partial charge >= 0.3 is 5.97 Å². The number of benzene rings is 1. The predicted octanol–water partition coefficient (Wildman–Crippen LogP) is 4.32. The molecule has 0 bridgehead atoms. The molecule has 29 heavy (non-hydrogen) atoms. The molecule has 0 saturated carbocycles. The van der Waals surface area contributed by atoms with Gasteiger partial charge < -0.3 is 4.74 Å². The van der Waals surface area contributed by atoms with Crippen LogP contribution in [0.1, 0.15) is 43.2 Å². The minimum absolute atomic E-state index is 0.225. The third-order valence-electron chi connectivity index (χ3n) is 5.39. The summed E-state index contributed by atoms with van der Waals surface area (Å²) in [7, 11) is 0. The van der Waals surface area contributed by atoms with Crippen molar-refractivity contribution in [3.8, 4) is 0 Å². The highest BCUT2D eigenvalue weighted by atomic mass is 32.1. The molecule has 1 aliphatic rings. The van der Waals surface area contributed by atoms with E-state index in [1.54, 1.807) is 23.2 Å². The average Bonchev–Trinajstić information content (AvgIpc) is 3.30. The second kappa shape index (κ2) is 7.99. The van der Waals surface area contributed by atoms with Gasteiger partial charge in [0, 0.05) is 11.4 Å². The van der Waals surface area contributed by atoms with E-state index in [9.17, 15) is 9.59 Å². The number of thiophene rings is 1. The first-order chi connectivity index (χ1) is 14.1. The van der Waals surface area contributed by atoms with Crippen molar-refractivity contribution in [2.75, 3.05) is 18.1 Å². The van der Waals surface area contributed by atoms with Crippen LogP contribution in [0.2, 0.25) is 0 Å². The zero-order chi connectivity index (χ0) is 20.5. The number of aromatic nitrogens is 2. The lowest BCUT2D eigenvalue weighted by Crippen LogP contribution is -2.50. The number of hydrogen-bond acceptors (Lipinski definition) is 5. The highest BCUT2D eigenvalue weighted by Crippen LogP contribution is 2.43. The first-order valence-electron chi connectivity index (χ1n) is 10.1. The second-order valence-electron chi connectivity index (χ2n) is 7.26. The van der Waals surface area contributed by atoms with Crippen LogP contribution in [0.4, 0.5) is 5.95 Å². The third kappa shape index (κ3) is 3.23. The molecular formula is C22H25N3O3S. The number of nitrogens with zero attached hydrogens (tertiary/aromatic N) is 3. The van der Waals surface area contributed by atoms with Gasteiger partial charge in [-0.05, 0) is 49.4 Å². The molecule has 152 valence electrons. The second-order valence-corrected chi connectivity index (χ2v) is 8.20. The van der Waals surface area contributed by atoms with E-state index in [1.165, 1.54) is 0 Å². The number of ether oxygens (including phenoxy) is 1. The number of esters is 1. The molecule has 1 aliphatic heterocycles. The van der Waals surface area contributed by atoms with Gasteiger partial charge in [0.2, 0.25) is 11.9 Å². The Hall–Kier alpha value is -2.67. The predicted molar refractivity (Wildman–Crippen MR) is 114 cm³/mol. The number of imidazole rings is 1. The van der Waals surface area contributed by atoms with E-state index in [0.29, 0.717) is 12.5 Å². The number of para-hydroxylation sites is 2. The first-order valence-corrected chi connectivity index (χ1v) is 10.9. The Morgan fingerprint density at radius 2 is 2.03 bits per heavy atom. The quantitative estimate of drug-likeness (QED) is 0.448. The summed E-state index contributed by atoms with van der Waals surface area (Å²) in [5.74, 6) is -1.00. The zero-order valence-corrected chi connectivity index (χ0v) is 17.7. The molecule has 3 aromatic rings. The van der Waals surface area contributed by atoms with Crippen molar-refractivity contribution in [3.63, 3.8) is 0 Å². The number of amides is 1. The molecule has 0 fully saturated rings. The maximum atomic E-state index is 13.6. The fourth-order valence-electron chi connectivity index (χ4n) is 3.99. The number of aryl methyl sites for hydroxylation is 1. The van der Waals surface area contributed by atoms with Crippen molar-refractivity contribution in [2.45, 2.75) is 39.7 Å². The molecule has 1 amide bonds. The van der Waals surface area contributed by atoms with Crippen molar-refractivity contribution < 1.29 is 14.3 Å². The van der Waals surface area contributed by atoms with Crippen molar-refractivity contribution in [2.24, 2.45) is 5.92 Å². The molecule has 0 N–H and O–H groups in total. The summed E-state index contributed by atoms with van der Waals surface area (Å²) in [5, 5.41) is 2.00. The average molecular weight is 412 g/mol. The van der Waals surface area contributed by atoms with E-state index in [1.807, 2.05) is 42.6 Å². The summed E-state index contributed by atoms with van der Waals surface area (Å²) in [6.45, 7) is 6.64. The lowest BCUT2D eigenvalue weighted by Gasteiger charge is -2.37. The van der Waals surface area contributed by atoms with E-state index >= 15 is 0 Å². The van der Waals surface area contributed by atoms with Crippen LogP contribution in [0.5, 0.6) is 0 Å². The summed E-state index contributed by atoms with van der Waals surface area (Å²) in [4.78, 5) is 34.0. The van der Waals surface area contributed by atoms with Gasteiger partial charge in [0.25, 0.3) is 0 Å². The molecule has 0 spiro atoms. The maximum Gasteiger partial charge on any atom is 0.321 e. The number of unbranched alkanes of at least 4 members (excludes halogenated alkanes) is 1. The van der Waals surface area contributed by atoms with Gasteiger partial charge in [-0.2, -0.15) is 0 Å². The fourth-order valence-corrected chi connectivity index (χ4v) is 5.04. The Morgan fingerprint density at radius 1 is 1.24 bits per heavy atom. The molecule has 1 aromatic carbocycles. The molecule has 7 heteroatoms. The minimum Gasteiger partial charge on any atom is -0.465 e. The number of carbonyl (C=O) groups is 2. The van der Waals surface area contributed by atoms with Gasteiger partial charge in [-0.3, -0.25) is 19.1 Å². The molecule has 2 atom stereocenters. The Bertz CT molecular complexity index is 1050. The van der Waals surface area contributed by atoms with Crippen molar-refractivity contribution >= 4 is 40.2 Å². The molecule has 0 unspecified atom stereocenters. The van der Waals surface area contributed by atoms with Crippen LogP contribution in [0.3, 0.4) is 0 Å². The van der Waals surface area contributed by atoms with Crippen LogP contribution in [0.15, 0.2) is 35.7 Å². The summed E-state index contributed by atoms with van der Waals surface area (Å²) in [6, 6.07) is 9.41. The molecule has 6 nitrogen and oxygen atoms in total. The van der Waals surface area contributed by atoms with Crippen LogP contribution < -0.4 is 4.90 Å². The number of rotatable bonds is 6. The minimum atomic E-state index is -0.922. The zero-order valence-electron chi connectivity index (χ0n) is 16.9. The molecule has 3 heterocycles. The third-order valence-corrected chi connectivity index (χ3v) is 6.48. The summed E-state index contributed by atoms with van der Waals surface area (Å²) < 4.78 is 7.42. The van der Waals surface area contributed by atoms with E-state index in [0.717, 1.165) is 34.3 Å². The molecule has 2 aromatic heterocycles. The lowest BCUT2D eigenvalue weighted by molar-refractivity contribution is -0.153. The molecule has 4 rings (SSSR count). The standard InChI is InChI=1S/C22H25N3O3S/c1-4-6-12-24-20(26)17(21(27)28-5-2)18(19-14(3)11-13-29-19)25-16-10-8-7-9-15(16)23-22(24)25/h7-11,13,17-18H,4-6,12H2,1-3H3/t17-,18+/m1/s1. The summed E-state index contributed by atoms with van der Waals surface area (Å²) in [6.07, 6.45) is 1.79. The fraction of sp³-hybridized carbons (Fsp3) is 0.409. The topological polar surface area (TPSA) is 64.4 Å². The first kappa shape index (κ1) is 19.6. The van der Waals surface area contributed by atoms with Crippen molar-refractivity contribution in [1.29, 1.82) is 0 Å². The maximum absolute atomic E-state index is 13.6. The van der Waals surface area contributed by atoms with Gasteiger partial charge in [0.05, 0.1) is 23.7 Å². The molecule has 0 radical (unpaired) electrons. The Kier molecular flexibility index (Phi) is 5.41. The van der Waals surface area contributed by atoms with Crippen molar-refractivity contribution in [1.82, 2.24) is 9.55 Å². The van der Waals surface area contributed by atoms with Gasteiger partial charge in [-0.25, -0.2) is 4.98 Å². The largest absolute Gasteiger partial charge is 0.465 e. The molecular weight excluding hydrogens is 386 g/mol. The highest BCUT2D eigenvalue weighted by Gasteiger charge is 2.48. The van der Waals surface area contributed by atoms with Gasteiger partial charge in [-0.15, -0.1) is 11.3 Å². The van der Waals surface area contributed by atoms with Crippen LogP contribution in [0.25, 0.3) is 11.0 Å². The molecule has 0 saturated heterocycles. The van der Waals surface area contributed by atoms with E-state index in [4.69, 9.17) is 9.72 Å². The van der Waals surface area contributed by atoms with Gasteiger partial charge in [-0.1, -0.05) is 25.5 Å².